The smallest absolute Gasteiger partial charge is 0.221 e. The van der Waals surface area contributed by atoms with Gasteiger partial charge < -0.3 is 11.1 Å². The van der Waals surface area contributed by atoms with E-state index in [4.69, 9.17) is 5.73 Å². The normalized spacial score (nSPS) is 9.20. The van der Waals surface area contributed by atoms with Gasteiger partial charge in [0, 0.05) is 24.0 Å². The predicted octanol–water partition coefficient (Wildman–Crippen LogP) is 1.84. The van der Waals surface area contributed by atoms with Gasteiger partial charge in [-0.15, -0.1) is 12.4 Å². The molecule has 0 unspecified atom stereocenters. The first-order chi connectivity index (χ1) is 6.74. The highest BCUT2D eigenvalue weighted by Gasteiger charge is 2.01. The molecule has 1 aromatic carbocycles. The lowest BCUT2D eigenvalue weighted by atomic mass is 10.2. The van der Waals surface area contributed by atoms with Crippen LogP contribution in [-0.4, -0.2) is 12.5 Å². The van der Waals surface area contributed by atoms with E-state index in [9.17, 15) is 4.79 Å². The molecule has 0 aliphatic rings. The SMILES string of the molecule is Cl.NCCC(=O)NCc1ccccc1Br. The fourth-order valence-corrected chi connectivity index (χ4v) is 1.48. The molecule has 15 heavy (non-hydrogen) atoms. The van der Waals surface area contributed by atoms with Crippen LogP contribution in [0.3, 0.4) is 0 Å². The van der Waals surface area contributed by atoms with E-state index in [-0.39, 0.29) is 18.3 Å². The number of halogens is 2. The fraction of sp³-hybridized carbons (Fsp3) is 0.300. The number of benzene rings is 1. The van der Waals surface area contributed by atoms with Gasteiger partial charge in [-0.1, -0.05) is 34.1 Å². The van der Waals surface area contributed by atoms with Crippen LogP contribution < -0.4 is 11.1 Å². The van der Waals surface area contributed by atoms with E-state index in [2.05, 4.69) is 21.2 Å². The van der Waals surface area contributed by atoms with Gasteiger partial charge in [-0.2, -0.15) is 0 Å². The van der Waals surface area contributed by atoms with E-state index in [1.54, 1.807) is 0 Å². The van der Waals surface area contributed by atoms with Crippen molar-refractivity contribution >= 4 is 34.2 Å². The van der Waals surface area contributed by atoms with E-state index in [1.165, 1.54) is 0 Å². The number of carbonyl (C=O) groups excluding carboxylic acids is 1. The van der Waals surface area contributed by atoms with Crippen molar-refractivity contribution in [2.75, 3.05) is 6.54 Å². The van der Waals surface area contributed by atoms with Gasteiger partial charge in [0.2, 0.25) is 5.91 Å². The average molecular weight is 294 g/mol. The summed E-state index contributed by atoms with van der Waals surface area (Å²) in [7, 11) is 0. The molecule has 0 radical (unpaired) electrons. The minimum absolute atomic E-state index is 0. The van der Waals surface area contributed by atoms with Crippen LogP contribution in [0.4, 0.5) is 0 Å². The molecule has 0 aliphatic heterocycles. The lowest BCUT2D eigenvalue weighted by molar-refractivity contribution is -0.121. The number of nitrogens with two attached hydrogens (primary N) is 1. The molecule has 84 valence electrons. The van der Waals surface area contributed by atoms with Gasteiger partial charge in [-0.3, -0.25) is 4.79 Å². The maximum Gasteiger partial charge on any atom is 0.221 e. The molecule has 1 rings (SSSR count). The third-order valence-electron chi connectivity index (χ3n) is 1.81. The van der Waals surface area contributed by atoms with Crippen LogP contribution in [0.25, 0.3) is 0 Å². The van der Waals surface area contributed by atoms with Crippen molar-refractivity contribution in [2.45, 2.75) is 13.0 Å². The van der Waals surface area contributed by atoms with Crippen LogP contribution in [0.2, 0.25) is 0 Å². The number of amides is 1. The lowest BCUT2D eigenvalue weighted by Crippen LogP contribution is -2.25. The Bertz CT molecular complexity index is 320. The molecule has 5 heteroatoms. The van der Waals surface area contributed by atoms with Gasteiger partial charge >= 0.3 is 0 Å². The molecule has 1 aromatic rings. The summed E-state index contributed by atoms with van der Waals surface area (Å²) in [4.78, 5) is 11.1. The molecular formula is C10H14BrClN2O. The summed E-state index contributed by atoms with van der Waals surface area (Å²) >= 11 is 3.41. The van der Waals surface area contributed by atoms with Crippen molar-refractivity contribution in [3.8, 4) is 0 Å². The Balaban J connectivity index is 0.00000196. The number of nitrogens with one attached hydrogen (secondary N) is 1. The zero-order chi connectivity index (χ0) is 10.4. The van der Waals surface area contributed by atoms with Crippen molar-refractivity contribution in [2.24, 2.45) is 5.73 Å². The minimum atomic E-state index is -0.0109. The Kier molecular flexibility index (Phi) is 7.38. The Hall–Kier alpha value is -0.580. The van der Waals surface area contributed by atoms with E-state index in [1.807, 2.05) is 24.3 Å². The van der Waals surface area contributed by atoms with Crippen LogP contribution in [-0.2, 0) is 11.3 Å². The van der Waals surface area contributed by atoms with Crippen molar-refractivity contribution in [1.82, 2.24) is 5.32 Å². The Labute approximate surface area is 104 Å². The van der Waals surface area contributed by atoms with E-state index in [0.29, 0.717) is 19.5 Å². The summed E-state index contributed by atoms with van der Waals surface area (Å²) in [6.45, 7) is 0.933. The second-order valence-electron chi connectivity index (χ2n) is 2.91. The van der Waals surface area contributed by atoms with Crippen LogP contribution >= 0.6 is 28.3 Å². The maximum atomic E-state index is 11.1. The van der Waals surface area contributed by atoms with Gasteiger partial charge in [0.15, 0.2) is 0 Å². The summed E-state index contributed by atoms with van der Waals surface area (Å²) in [5.41, 5.74) is 6.33. The molecule has 0 saturated carbocycles. The van der Waals surface area contributed by atoms with Gasteiger partial charge in [0.05, 0.1) is 0 Å². The second-order valence-corrected chi connectivity index (χ2v) is 3.76. The summed E-state index contributed by atoms with van der Waals surface area (Å²) in [6.07, 6.45) is 0.379. The summed E-state index contributed by atoms with van der Waals surface area (Å²) < 4.78 is 1.01. The quantitative estimate of drug-likeness (QED) is 0.890. The molecule has 0 spiro atoms. The topological polar surface area (TPSA) is 55.1 Å². The van der Waals surface area contributed by atoms with Crippen molar-refractivity contribution in [3.05, 3.63) is 34.3 Å². The number of hydrogen-bond acceptors (Lipinski definition) is 2. The average Bonchev–Trinajstić information content (AvgIpc) is 2.17. The summed E-state index contributed by atoms with van der Waals surface area (Å²) in [5, 5.41) is 2.79. The molecule has 0 aromatic heterocycles. The largest absolute Gasteiger partial charge is 0.352 e. The van der Waals surface area contributed by atoms with Gasteiger partial charge in [-0.05, 0) is 11.6 Å². The monoisotopic (exact) mass is 292 g/mol. The van der Waals surface area contributed by atoms with Crippen LogP contribution in [0, 0.1) is 0 Å². The molecule has 0 aliphatic carbocycles. The maximum absolute atomic E-state index is 11.1. The number of rotatable bonds is 4. The molecular weight excluding hydrogens is 279 g/mol. The molecule has 1 amide bonds. The predicted molar refractivity (Wildman–Crippen MR) is 66.9 cm³/mol. The third-order valence-corrected chi connectivity index (χ3v) is 2.58. The standard InChI is InChI=1S/C10H13BrN2O.ClH/c11-9-4-2-1-3-8(9)7-13-10(14)5-6-12;/h1-4H,5-7,12H2,(H,13,14);1H. The zero-order valence-electron chi connectivity index (χ0n) is 8.20. The molecule has 0 fully saturated rings. The Morgan fingerprint density at radius 3 is 2.67 bits per heavy atom. The molecule has 3 N–H and O–H groups in total. The van der Waals surface area contributed by atoms with Crippen molar-refractivity contribution < 1.29 is 4.79 Å². The highest BCUT2D eigenvalue weighted by atomic mass is 79.9. The fourth-order valence-electron chi connectivity index (χ4n) is 1.06. The molecule has 3 nitrogen and oxygen atoms in total. The third kappa shape index (κ3) is 5.16. The van der Waals surface area contributed by atoms with Crippen molar-refractivity contribution in [3.63, 3.8) is 0 Å². The van der Waals surface area contributed by atoms with E-state index >= 15 is 0 Å². The number of hydrogen-bond donors (Lipinski definition) is 2. The van der Waals surface area contributed by atoms with E-state index in [0.717, 1.165) is 10.0 Å². The minimum Gasteiger partial charge on any atom is -0.352 e. The first-order valence-electron chi connectivity index (χ1n) is 4.44. The first kappa shape index (κ1) is 14.4. The molecule has 0 atom stereocenters. The van der Waals surface area contributed by atoms with Crippen molar-refractivity contribution in [1.29, 1.82) is 0 Å². The Morgan fingerprint density at radius 1 is 1.40 bits per heavy atom. The van der Waals surface area contributed by atoms with Crippen LogP contribution in [0.1, 0.15) is 12.0 Å². The van der Waals surface area contributed by atoms with E-state index < -0.39 is 0 Å². The first-order valence-corrected chi connectivity index (χ1v) is 5.23. The lowest BCUT2D eigenvalue weighted by Gasteiger charge is -2.05. The molecule has 0 bridgehead atoms. The van der Waals surface area contributed by atoms with Gasteiger partial charge in [0.25, 0.3) is 0 Å². The van der Waals surface area contributed by atoms with Gasteiger partial charge in [0.1, 0.15) is 0 Å². The van der Waals surface area contributed by atoms with Crippen LogP contribution in [0.15, 0.2) is 28.7 Å². The molecule has 0 heterocycles. The van der Waals surface area contributed by atoms with Gasteiger partial charge in [-0.25, -0.2) is 0 Å². The summed E-state index contributed by atoms with van der Waals surface area (Å²) in [5.74, 6) is -0.0109. The number of carbonyl (C=O) groups is 1. The summed E-state index contributed by atoms with van der Waals surface area (Å²) in [6, 6.07) is 7.79. The highest BCUT2D eigenvalue weighted by Crippen LogP contribution is 2.15. The Morgan fingerprint density at radius 2 is 2.07 bits per heavy atom. The molecule has 0 saturated heterocycles. The highest BCUT2D eigenvalue weighted by molar-refractivity contribution is 9.10. The van der Waals surface area contributed by atoms with Crippen LogP contribution in [0.5, 0.6) is 0 Å². The second kappa shape index (κ2) is 7.68. The zero-order valence-corrected chi connectivity index (χ0v) is 10.6.